The Morgan fingerprint density at radius 1 is 1.16 bits per heavy atom. The van der Waals surface area contributed by atoms with E-state index in [-0.39, 0.29) is 0 Å². The summed E-state index contributed by atoms with van der Waals surface area (Å²) in [6.45, 7) is 0.973. The molecule has 4 rings (SSSR count). The Kier molecular flexibility index (Phi) is 2.69. The summed E-state index contributed by atoms with van der Waals surface area (Å²) in [5.74, 6) is 0.905. The van der Waals surface area contributed by atoms with Crippen molar-refractivity contribution in [1.82, 2.24) is 4.98 Å². The topological polar surface area (TPSA) is 37.3 Å². The summed E-state index contributed by atoms with van der Waals surface area (Å²) in [7, 11) is 0. The molecule has 2 heterocycles. The van der Waals surface area contributed by atoms with E-state index in [4.69, 9.17) is 0 Å². The molecular formula is C15H15N3S. The van der Waals surface area contributed by atoms with Crippen LogP contribution in [0.3, 0.4) is 0 Å². The van der Waals surface area contributed by atoms with Crippen LogP contribution in [0.5, 0.6) is 0 Å². The molecular weight excluding hydrogens is 254 g/mol. The highest BCUT2D eigenvalue weighted by Crippen LogP contribution is 2.42. The van der Waals surface area contributed by atoms with Crippen molar-refractivity contribution in [2.24, 2.45) is 10.9 Å². The van der Waals surface area contributed by atoms with Gasteiger partial charge in [0, 0.05) is 22.5 Å². The fourth-order valence-corrected chi connectivity index (χ4v) is 3.72. The van der Waals surface area contributed by atoms with Gasteiger partial charge in [-0.05, 0) is 43.0 Å². The van der Waals surface area contributed by atoms with Gasteiger partial charge in [0.1, 0.15) is 0 Å². The van der Waals surface area contributed by atoms with E-state index in [9.17, 15) is 0 Å². The lowest BCUT2D eigenvalue weighted by molar-refractivity contribution is 0.773. The highest BCUT2D eigenvalue weighted by molar-refractivity contribution is 8.15. The maximum absolute atomic E-state index is 4.63. The van der Waals surface area contributed by atoms with Crippen LogP contribution in [0, 0.1) is 5.92 Å². The van der Waals surface area contributed by atoms with Gasteiger partial charge in [0.25, 0.3) is 0 Å². The standard InChI is InChI=1S/C15H15N3S/c1-4-12-11(3-2-8-16-12)13(5-1)18-15-17-9-14(19-15)10-6-7-10/h1-5,8,10,14H,6-7,9H2,(H,17,18). The lowest BCUT2D eigenvalue weighted by Gasteiger charge is -2.10. The molecule has 1 unspecified atom stereocenters. The number of rotatable bonds is 2. The Morgan fingerprint density at radius 2 is 2.11 bits per heavy atom. The Bertz CT molecular complexity index is 643. The van der Waals surface area contributed by atoms with Gasteiger partial charge in [-0.3, -0.25) is 9.98 Å². The Morgan fingerprint density at radius 3 is 3.00 bits per heavy atom. The molecule has 1 aliphatic heterocycles. The minimum Gasteiger partial charge on any atom is -0.334 e. The fraction of sp³-hybridized carbons (Fsp3) is 0.333. The van der Waals surface area contributed by atoms with E-state index in [1.165, 1.54) is 12.8 Å². The molecule has 0 amide bonds. The van der Waals surface area contributed by atoms with Crippen LogP contribution in [0.2, 0.25) is 0 Å². The predicted octanol–water partition coefficient (Wildman–Crippen LogP) is 3.53. The first-order valence-corrected chi connectivity index (χ1v) is 7.60. The molecule has 1 aliphatic carbocycles. The van der Waals surface area contributed by atoms with Crippen molar-refractivity contribution in [3.8, 4) is 0 Å². The van der Waals surface area contributed by atoms with Crippen LogP contribution in [0.1, 0.15) is 12.8 Å². The van der Waals surface area contributed by atoms with E-state index in [0.29, 0.717) is 5.25 Å². The van der Waals surface area contributed by atoms with Gasteiger partial charge in [0.05, 0.1) is 12.1 Å². The van der Waals surface area contributed by atoms with Crippen LogP contribution in [0.15, 0.2) is 41.5 Å². The number of pyridine rings is 1. The van der Waals surface area contributed by atoms with Gasteiger partial charge >= 0.3 is 0 Å². The lowest BCUT2D eigenvalue weighted by Crippen LogP contribution is -2.09. The second kappa shape index (κ2) is 4.53. The molecule has 0 spiro atoms. The normalized spacial score (nSPS) is 22.5. The molecule has 4 heteroatoms. The van der Waals surface area contributed by atoms with E-state index >= 15 is 0 Å². The van der Waals surface area contributed by atoms with Gasteiger partial charge in [-0.25, -0.2) is 0 Å². The van der Waals surface area contributed by atoms with E-state index in [2.05, 4.69) is 27.4 Å². The average molecular weight is 269 g/mol. The Balaban J connectivity index is 1.58. The van der Waals surface area contributed by atoms with E-state index in [1.807, 2.05) is 36.2 Å². The number of nitrogens with zero attached hydrogens (tertiary/aromatic N) is 2. The molecule has 2 aliphatic rings. The van der Waals surface area contributed by atoms with Gasteiger partial charge in [-0.15, -0.1) is 0 Å². The number of aromatic nitrogens is 1. The van der Waals surface area contributed by atoms with Crippen LogP contribution < -0.4 is 5.32 Å². The molecule has 1 atom stereocenters. The summed E-state index contributed by atoms with van der Waals surface area (Å²) >= 11 is 1.90. The van der Waals surface area contributed by atoms with Crippen molar-refractivity contribution in [2.45, 2.75) is 18.1 Å². The minimum atomic E-state index is 0.704. The molecule has 1 fully saturated rings. The van der Waals surface area contributed by atoms with Crippen molar-refractivity contribution in [3.63, 3.8) is 0 Å². The third kappa shape index (κ3) is 2.21. The fourth-order valence-electron chi connectivity index (χ4n) is 2.50. The lowest BCUT2D eigenvalue weighted by atomic mass is 10.2. The Hall–Kier alpha value is -1.55. The number of hydrogen-bond donors (Lipinski definition) is 1. The molecule has 19 heavy (non-hydrogen) atoms. The molecule has 0 radical (unpaired) electrons. The van der Waals surface area contributed by atoms with Crippen molar-refractivity contribution >= 4 is 33.5 Å². The Labute approximate surface area is 116 Å². The highest BCUT2D eigenvalue weighted by atomic mass is 32.2. The second-order valence-electron chi connectivity index (χ2n) is 5.14. The van der Waals surface area contributed by atoms with Gasteiger partial charge in [-0.2, -0.15) is 0 Å². The van der Waals surface area contributed by atoms with E-state index < -0.39 is 0 Å². The summed E-state index contributed by atoms with van der Waals surface area (Å²) in [6.07, 6.45) is 4.61. The van der Waals surface area contributed by atoms with Crippen LogP contribution in [0.4, 0.5) is 5.69 Å². The van der Waals surface area contributed by atoms with Crippen molar-refractivity contribution in [1.29, 1.82) is 0 Å². The summed E-state index contributed by atoms with van der Waals surface area (Å²) in [6, 6.07) is 10.2. The summed E-state index contributed by atoms with van der Waals surface area (Å²) in [5, 5.41) is 6.39. The first kappa shape index (κ1) is 11.3. The molecule has 1 aromatic heterocycles. The van der Waals surface area contributed by atoms with Crippen LogP contribution in [-0.2, 0) is 0 Å². The third-order valence-corrected chi connectivity index (χ3v) is 5.00. The number of benzene rings is 1. The minimum absolute atomic E-state index is 0.704. The second-order valence-corrected chi connectivity index (χ2v) is 6.37. The van der Waals surface area contributed by atoms with Gasteiger partial charge in [0.2, 0.25) is 0 Å². The van der Waals surface area contributed by atoms with Crippen LogP contribution >= 0.6 is 11.8 Å². The van der Waals surface area contributed by atoms with Crippen molar-refractivity contribution in [2.75, 3.05) is 11.9 Å². The molecule has 1 N–H and O–H groups in total. The SMILES string of the molecule is c1cc(NC2=NCC(C3CC3)S2)c2cccnc2c1. The number of anilines is 1. The summed E-state index contributed by atoms with van der Waals surface area (Å²) < 4.78 is 0. The molecule has 2 aromatic rings. The number of hydrogen-bond acceptors (Lipinski definition) is 4. The molecule has 0 saturated heterocycles. The molecule has 0 bridgehead atoms. The number of thioether (sulfide) groups is 1. The van der Waals surface area contributed by atoms with Crippen LogP contribution in [-0.4, -0.2) is 21.9 Å². The number of amidine groups is 1. The number of aliphatic imine (C=N–C) groups is 1. The highest BCUT2D eigenvalue weighted by Gasteiger charge is 2.35. The largest absolute Gasteiger partial charge is 0.334 e. The average Bonchev–Trinajstić information content (AvgIpc) is 3.20. The van der Waals surface area contributed by atoms with Crippen molar-refractivity contribution < 1.29 is 0 Å². The summed E-state index contributed by atoms with van der Waals surface area (Å²) in [5.41, 5.74) is 2.13. The zero-order valence-electron chi connectivity index (χ0n) is 10.5. The van der Waals surface area contributed by atoms with E-state index in [0.717, 1.165) is 34.2 Å². The van der Waals surface area contributed by atoms with Crippen molar-refractivity contribution in [3.05, 3.63) is 36.5 Å². The zero-order valence-corrected chi connectivity index (χ0v) is 11.4. The number of fused-ring (bicyclic) bond motifs is 1. The number of nitrogens with one attached hydrogen (secondary N) is 1. The molecule has 3 nitrogen and oxygen atoms in total. The van der Waals surface area contributed by atoms with Gasteiger partial charge in [-0.1, -0.05) is 17.8 Å². The summed E-state index contributed by atoms with van der Waals surface area (Å²) in [4.78, 5) is 9.01. The molecule has 1 aromatic carbocycles. The quantitative estimate of drug-likeness (QED) is 0.906. The maximum Gasteiger partial charge on any atom is 0.161 e. The predicted molar refractivity (Wildman–Crippen MR) is 81.8 cm³/mol. The first-order valence-electron chi connectivity index (χ1n) is 6.72. The zero-order chi connectivity index (χ0) is 12.7. The third-order valence-electron chi connectivity index (χ3n) is 3.71. The van der Waals surface area contributed by atoms with Gasteiger partial charge < -0.3 is 5.32 Å². The monoisotopic (exact) mass is 269 g/mol. The van der Waals surface area contributed by atoms with Gasteiger partial charge in [0.15, 0.2) is 5.17 Å². The maximum atomic E-state index is 4.63. The smallest absolute Gasteiger partial charge is 0.161 e. The molecule has 1 saturated carbocycles. The first-order chi connectivity index (χ1) is 9.40. The molecule has 96 valence electrons. The van der Waals surface area contributed by atoms with E-state index in [1.54, 1.807) is 0 Å². The van der Waals surface area contributed by atoms with Crippen LogP contribution in [0.25, 0.3) is 10.9 Å².